The largest absolute Gasteiger partial charge is 0.305 e. The van der Waals surface area contributed by atoms with Crippen LogP contribution in [0.15, 0.2) is 195 Å². The van der Waals surface area contributed by atoms with Crippen LogP contribution in [0, 0.1) is 45.0 Å². The average molecular weight is 1960 g/mol. The van der Waals surface area contributed by atoms with Crippen LogP contribution < -0.4 is 20.7 Å². The fourth-order valence-corrected chi connectivity index (χ4v) is 17.3. The molecule has 0 N–H and O–H groups in total. The van der Waals surface area contributed by atoms with Crippen LogP contribution in [0.25, 0.3) is 88.1 Å². The Morgan fingerprint density at radius 1 is 0.333 bits per heavy atom. The van der Waals surface area contributed by atoms with Crippen molar-refractivity contribution in [3.05, 3.63) is 241 Å². The van der Waals surface area contributed by atoms with Gasteiger partial charge in [-0.15, -0.1) is 117 Å². The SMILES string of the molecule is CC(C)c1cc(-c2[c-]cc3ccccc3c2)ncc1[Si](C)(C)C.Cc1cc(-c2[c-]cc3ccccc3c2)ncc1[Si](C)(C)C.Cc1cc([Si](C)(C)C)cnc1-c1[c-]cc2ccccc2c1.Cc1nc(-c2[c-]cc3ccccc3c2)ccc1[Si](C)(C)C.[Ir].[Ir].[Ir].[Ir]. The number of fused-ring (bicyclic) bond motifs is 4. The summed E-state index contributed by atoms with van der Waals surface area (Å²) >= 11 is 0. The zero-order chi connectivity index (χ0) is 61.7. The molecule has 4 radical (unpaired) electrons. The smallest absolute Gasteiger partial charge is 0.0799 e. The van der Waals surface area contributed by atoms with Gasteiger partial charge in [0.2, 0.25) is 0 Å². The van der Waals surface area contributed by atoms with Crippen LogP contribution in [0.1, 0.15) is 42.1 Å². The third kappa shape index (κ3) is 19.0. The molecular formula is C78H84Ir4N4Si4-4. The fraction of sp³-hybridized carbons (Fsp3) is 0.231. The molecule has 90 heavy (non-hydrogen) atoms. The molecule has 8 aromatic carbocycles. The Morgan fingerprint density at radius 3 is 1.07 bits per heavy atom. The van der Waals surface area contributed by atoms with Gasteiger partial charge in [0.25, 0.3) is 0 Å². The van der Waals surface area contributed by atoms with E-state index in [0.717, 1.165) is 50.7 Å². The predicted molar refractivity (Wildman–Crippen MR) is 384 cm³/mol. The average Bonchev–Trinajstić information content (AvgIpc) is 0.976. The molecule has 0 saturated heterocycles. The molecule has 12 rings (SSSR count). The van der Waals surface area contributed by atoms with Gasteiger partial charge in [-0.25, -0.2) is 0 Å². The van der Waals surface area contributed by atoms with Crippen molar-refractivity contribution < 1.29 is 80.4 Å². The van der Waals surface area contributed by atoms with Crippen LogP contribution in [0.4, 0.5) is 0 Å². The number of aryl methyl sites for hydroxylation is 3. The van der Waals surface area contributed by atoms with Crippen molar-refractivity contribution in [1.29, 1.82) is 0 Å². The molecule has 0 aliphatic heterocycles. The van der Waals surface area contributed by atoms with Gasteiger partial charge in [0.15, 0.2) is 0 Å². The molecule has 12 aromatic rings. The number of nitrogens with zero attached hydrogens (tertiary/aromatic N) is 4. The van der Waals surface area contributed by atoms with Gasteiger partial charge in [0, 0.05) is 105 Å². The summed E-state index contributed by atoms with van der Waals surface area (Å²) in [5.74, 6) is 0.513. The number of pyridine rings is 4. The Balaban J connectivity index is 0.000000215. The normalized spacial score (nSPS) is 11.4. The monoisotopic (exact) mass is 1960 g/mol. The van der Waals surface area contributed by atoms with Crippen molar-refractivity contribution in [2.75, 3.05) is 0 Å². The molecule has 12 heteroatoms. The maximum Gasteiger partial charge on any atom is 0.0799 e. The molecule has 0 atom stereocenters. The number of rotatable bonds is 9. The second-order valence-electron chi connectivity index (χ2n) is 27.3. The predicted octanol–water partition coefficient (Wildman–Crippen LogP) is 19.0. The van der Waals surface area contributed by atoms with Crippen molar-refractivity contribution in [3.8, 4) is 45.0 Å². The van der Waals surface area contributed by atoms with Gasteiger partial charge in [0.1, 0.15) is 0 Å². The van der Waals surface area contributed by atoms with Crippen LogP contribution in [0.2, 0.25) is 78.6 Å². The van der Waals surface area contributed by atoms with E-state index in [2.05, 4.69) is 325 Å². The van der Waals surface area contributed by atoms with Gasteiger partial charge in [-0.2, -0.15) is 0 Å². The Bertz CT molecular complexity index is 4250. The number of benzene rings is 8. The summed E-state index contributed by atoms with van der Waals surface area (Å²) < 4.78 is 0. The van der Waals surface area contributed by atoms with E-state index in [-0.39, 0.29) is 80.4 Å². The molecule has 0 saturated carbocycles. The van der Waals surface area contributed by atoms with E-state index >= 15 is 0 Å². The van der Waals surface area contributed by atoms with Crippen LogP contribution >= 0.6 is 0 Å². The van der Waals surface area contributed by atoms with Crippen LogP contribution in [-0.2, 0) is 80.4 Å². The molecule has 0 unspecified atom stereocenters. The van der Waals surface area contributed by atoms with Crippen molar-refractivity contribution in [2.45, 2.75) is 119 Å². The number of hydrogen-bond acceptors (Lipinski definition) is 4. The Hall–Kier alpha value is -5.14. The van der Waals surface area contributed by atoms with Gasteiger partial charge in [0.05, 0.1) is 32.3 Å². The summed E-state index contributed by atoms with van der Waals surface area (Å²) in [5, 5.41) is 15.6. The minimum absolute atomic E-state index is 0. The van der Waals surface area contributed by atoms with Gasteiger partial charge < -0.3 is 19.9 Å². The first-order valence-electron chi connectivity index (χ1n) is 30.3. The summed E-state index contributed by atoms with van der Waals surface area (Å²) in [5.41, 5.74) is 13.6. The fourth-order valence-electron chi connectivity index (χ4n) is 11.1. The van der Waals surface area contributed by atoms with Crippen LogP contribution in [0.3, 0.4) is 0 Å². The Morgan fingerprint density at radius 2 is 0.700 bits per heavy atom. The number of aromatic nitrogens is 4. The number of hydrogen-bond donors (Lipinski definition) is 0. The van der Waals surface area contributed by atoms with Gasteiger partial charge >= 0.3 is 0 Å². The molecule has 4 nitrogen and oxygen atoms in total. The van der Waals surface area contributed by atoms with E-state index in [4.69, 9.17) is 15.0 Å². The van der Waals surface area contributed by atoms with Crippen molar-refractivity contribution in [2.24, 2.45) is 0 Å². The minimum atomic E-state index is -1.38. The van der Waals surface area contributed by atoms with E-state index in [9.17, 15) is 0 Å². The molecule has 4 aromatic heterocycles. The first-order chi connectivity index (χ1) is 40.7. The summed E-state index contributed by atoms with van der Waals surface area (Å²) in [7, 11) is -5.32. The maximum atomic E-state index is 4.82. The minimum Gasteiger partial charge on any atom is -0.305 e. The molecular weight excluding hydrogens is 1870 g/mol. The Labute approximate surface area is 595 Å². The molecule has 0 aliphatic rings. The molecule has 0 spiro atoms. The van der Waals surface area contributed by atoms with Crippen molar-refractivity contribution in [1.82, 2.24) is 19.9 Å². The molecule has 4 heterocycles. The molecule has 0 bridgehead atoms. The van der Waals surface area contributed by atoms with Crippen molar-refractivity contribution >= 4 is 96.1 Å². The van der Waals surface area contributed by atoms with E-state index in [0.29, 0.717) is 5.92 Å². The second-order valence-corrected chi connectivity index (χ2v) is 47.5. The van der Waals surface area contributed by atoms with Gasteiger partial charge in [-0.3, -0.25) is 0 Å². The first kappa shape index (κ1) is 75.6. The third-order valence-electron chi connectivity index (χ3n) is 15.9. The molecule has 472 valence electrons. The van der Waals surface area contributed by atoms with Crippen LogP contribution in [-0.4, -0.2) is 52.2 Å². The summed E-state index contributed by atoms with van der Waals surface area (Å²) in [6.07, 6.45) is 6.23. The van der Waals surface area contributed by atoms with Gasteiger partial charge in [-0.1, -0.05) is 258 Å². The second kappa shape index (κ2) is 32.1. The third-order valence-corrected chi connectivity index (χ3v) is 24.2. The summed E-state index contributed by atoms with van der Waals surface area (Å²) in [6, 6.07) is 75.1. The van der Waals surface area contributed by atoms with Crippen molar-refractivity contribution in [3.63, 3.8) is 0 Å². The van der Waals surface area contributed by atoms with E-state index < -0.39 is 32.3 Å². The molecule has 0 aliphatic carbocycles. The van der Waals surface area contributed by atoms with E-state index in [1.54, 1.807) is 0 Å². The van der Waals surface area contributed by atoms with E-state index in [1.165, 1.54) is 80.5 Å². The standard InChI is InChI=1S/C21H24NSi.3C19H20NSi.4Ir/c1-15(2)19-13-20(22-14-21(19)23(3,4)5)18-11-10-16-8-6-7-9-17(16)12-18;1-14-11-18(20-13-19(14)21(2,3)4)17-10-9-15-7-5-6-8-16(15)12-17;1-14-11-18(21(2,3)4)13-20-19(14)17-10-9-15-7-5-6-8-16(15)12-17;1-14-19(21(2,3)4)12-11-18(20-14)17-10-9-15-7-5-6-8-16(15)13-17;;;;/h6-10,12-15H,1-5H3;3*5-9,11-13H,1-4H3;;;;/q4*-1;;;;. The summed E-state index contributed by atoms with van der Waals surface area (Å²) in [6.45, 7) is 39.4. The molecule has 0 fully saturated rings. The van der Waals surface area contributed by atoms with Gasteiger partial charge in [-0.05, 0) is 70.2 Å². The summed E-state index contributed by atoms with van der Waals surface area (Å²) in [4.78, 5) is 19.0. The zero-order valence-electron chi connectivity index (χ0n) is 55.2. The Kier molecular flexibility index (Phi) is 27.0. The quantitative estimate of drug-likeness (QED) is 0.107. The van der Waals surface area contributed by atoms with E-state index in [1.807, 2.05) is 12.1 Å². The maximum absolute atomic E-state index is 4.82. The molecule has 0 amide bonds. The topological polar surface area (TPSA) is 51.6 Å². The van der Waals surface area contributed by atoms with Crippen LogP contribution in [0.5, 0.6) is 0 Å². The first-order valence-corrected chi connectivity index (χ1v) is 44.3. The zero-order valence-corrected chi connectivity index (χ0v) is 68.8.